The summed E-state index contributed by atoms with van der Waals surface area (Å²) in [5.74, 6) is 4.32. The lowest BCUT2D eigenvalue weighted by atomic mass is 10.1. The number of nitrogens with one attached hydrogen (secondary N) is 1. The number of hydrogen-bond acceptors (Lipinski definition) is 4. The third-order valence-corrected chi connectivity index (χ3v) is 1.57. The number of nitrogens with two attached hydrogens (primary N) is 1. The molecule has 1 aromatic rings. The molecule has 0 fully saturated rings. The Morgan fingerprint density at radius 1 is 1.46 bits per heavy atom. The van der Waals surface area contributed by atoms with Crippen LogP contribution in [0.2, 0.25) is 0 Å². The Morgan fingerprint density at radius 2 is 2.08 bits per heavy atom. The Hall–Kier alpha value is -1.43. The lowest BCUT2D eigenvalue weighted by Crippen LogP contribution is -2.18. The van der Waals surface area contributed by atoms with E-state index in [0.717, 1.165) is 5.56 Å². The van der Waals surface area contributed by atoms with Crippen LogP contribution in [0.3, 0.4) is 0 Å². The van der Waals surface area contributed by atoms with Crippen molar-refractivity contribution in [2.75, 3.05) is 0 Å². The van der Waals surface area contributed by atoms with Crippen molar-refractivity contribution in [3.05, 3.63) is 35.4 Å². The van der Waals surface area contributed by atoms with E-state index in [-0.39, 0.29) is 0 Å². The fourth-order valence-corrected chi connectivity index (χ4v) is 0.913. The first-order valence-electron chi connectivity index (χ1n) is 3.63. The first kappa shape index (κ1) is 9.66. The number of hydrogen-bond donors (Lipinski definition) is 3. The van der Waals surface area contributed by atoms with Gasteiger partial charge in [0.1, 0.15) is 0 Å². The highest BCUT2D eigenvalue weighted by atomic mass is 16.6. The molecular formula is C8H10N2O3. The molecule has 5 nitrogen and oxygen atoms in total. The Balaban J connectivity index is 2.75. The van der Waals surface area contributed by atoms with Crippen molar-refractivity contribution in [2.24, 2.45) is 5.90 Å². The van der Waals surface area contributed by atoms with Gasteiger partial charge in [-0.2, -0.15) is 0 Å². The molecule has 0 atom stereocenters. The standard InChI is InChI=1S/C8H10N2O3/c9-13-5-6-1-3-7(4-2-6)8(11)10-12/h1-4,12H,5,9H2,(H,10,11). The van der Waals surface area contributed by atoms with Crippen LogP contribution in [-0.2, 0) is 11.4 Å². The predicted molar refractivity (Wildman–Crippen MR) is 44.7 cm³/mol. The van der Waals surface area contributed by atoms with Crippen molar-refractivity contribution in [2.45, 2.75) is 6.61 Å². The number of carbonyl (C=O) groups excluding carboxylic acids is 1. The minimum atomic E-state index is -0.541. The summed E-state index contributed by atoms with van der Waals surface area (Å²) < 4.78 is 0. The summed E-state index contributed by atoms with van der Waals surface area (Å²) >= 11 is 0. The molecular weight excluding hydrogens is 172 g/mol. The monoisotopic (exact) mass is 182 g/mol. The summed E-state index contributed by atoms with van der Waals surface area (Å²) in [5, 5.41) is 8.32. The average Bonchev–Trinajstić information content (AvgIpc) is 2.18. The van der Waals surface area contributed by atoms with Crippen molar-refractivity contribution in [1.29, 1.82) is 0 Å². The summed E-state index contributed by atoms with van der Waals surface area (Å²) in [6.45, 7) is 0.293. The number of carbonyl (C=O) groups is 1. The van der Waals surface area contributed by atoms with Crippen LogP contribution in [-0.4, -0.2) is 11.1 Å². The van der Waals surface area contributed by atoms with Crippen molar-refractivity contribution in [3.63, 3.8) is 0 Å². The average molecular weight is 182 g/mol. The molecule has 5 heteroatoms. The molecule has 0 radical (unpaired) electrons. The highest BCUT2D eigenvalue weighted by Gasteiger charge is 2.02. The van der Waals surface area contributed by atoms with E-state index in [9.17, 15) is 4.79 Å². The molecule has 1 amide bonds. The molecule has 70 valence electrons. The van der Waals surface area contributed by atoms with Gasteiger partial charge in [0.2, 0.25) is 0 Å². The maximum atomic E-state index is 10.9. The number of amides is 1. The Morgan fingerprint density at radius 3 is 2.54 bits per heavy atom. The van der Waals surface area contributed by atoms with Gasteiger partial charge in [-0.15, -0.1) is 0 Å². The molecule has 1 rings (SSSR count). The zero-order valence-corrected chi connectivity index (χ0v) is 6.86. The molecule has 0 heterocycles. The zero-order chi connectivity index (χ0) is 9.68. The summed E-state index contributed by atoms with van der Waals surface area (Å²) in [7, 11) is 0. The van der Waals surface area contributed by atoms with Crippen molar-refractivity contribution in [3.8, 4) is 0 Å². The second kappa shape index (κ2) is 4.56. The predicted octanol–water partition coefficient (Wildman–Crippen LogP) is 0.196. The summed E-state index contributed by atoms with van der Waals surface area (Å²) in [4.78, 5) is 15.3. The molecule has 4 N–H and O–H groups in total. The third kappa shape index (κ3) is 2.51. The number of hydroxylamine groups is 1. The molecule has 1 aromatic carbocycles. The fraction of sp³-hybridized carbons (Fsp3) is 0.125. The molecule has 0 aliphatic heterocycles. The van der Waals surface area contributed by atoms with Crippen molar-refractivity contribution >= 4 is 5.91 Å². The van der Waals surface area contributed by atoms with E-state index in [1.807, 2.05) is 0 Å². The van der Waals surface area contributed by atoms with Gasteiger partial charge >= 0.3 is 0 Å². The molecule has 0 aromatic heterocycles. The van der Waals surface area contributed by atoms with Gasteiger partial charge in [0, 0.05) is 5.56 Å². The maximum absolute atomic E-state index is 10.9. The first-order chi connectivity index (χ1) is 6.27. The fourth-order valence-electron chi connectivity index (χ4n) is 0.913. The van der Waals surface area contributed by atoms with E-state index in [1.54, 1.807) is 24.3 Å². The Bertz CT molecular complexity index is 284. The van der Waals surface area contributed by atoms with Crippen molar-refractivity contribution in [1.82, 2.24) is 5.48 Å². The number of benzene rings is 1. The van der Waals surface area contributed by atoms with E-state index in [1.165, 1.54) is 5.48 Å². The molecule has 0 saturated carbocycles. The Labute approximate surface area is 75.0 Å². The minimum Gasteiger partial charge on any atom is -0.300 e. The summed E-state index contributed by atoms with van der Waals surface area (Å²) in [6, 6.07) is 6.52. The van der Waals surface area contributed by atoms with Crippen LogP contribution < -0.4 is 11.4 Å². The first-order valence-corrected chi connectivity index (χ1v) is 3.63. The van der Waals surface area contributed by atoms with Gasteiger partial charge in [0.25, 0.3) is 5.91 Å². The van der Waals surface area contributed by atoms with Crippen LogP contribution >= 0.6 is 0 Å². The largest absolute Gasteiger partial charge is 0.300 e. The molecule has 0 spiro atoms. The van der Waals surface area contributed by atoms with Gasteiger partial charge in [-0.1, -0.05) is 12.1 Å². The van der Waals surface area contributed by atoms with E-state index < -0.39 is 5.91 Å². The van der Waals surface area contributed by atoms with Crippen LogP contribution in [0, 0.1) is 0 Å². The van der Waals surface area contributed by atoms with E-state index in [0.29, 0.717) is 12.2 Å². The molecule has 13 heavy (non-hydrogen) atoms. The SMILES string of the molecule is NOCc1ccc(C(=O)NO)cc1. The number of rotatable bonds is 3. The van der Waals surface area contributed by atoms with Crippen LogP contribution in [0.5, 0.6) is 0 Å². The third-order valence-electron chi connectivity index (χ3n) is 1.57. The van der Waals surface area contributed by atoms with E-state index >= 15 is 0 Å². The van der Waals surface area contributed by atoms with Crippen LogP contribution in [0.15, 0.2) is 24.3 Å². The maximum Gasteiger partial charge on any atom is 0.274 e. The quantitative estimate of drug-likeness (QED) is 0.460. The van der Waals surface area contributed by atoms with E-state index in [4.69, 9.17) is 11.1 Å². The van der Waals surface area contributed by atoms with E-state index in [2.05, 4.69) is 4.84 Å². The van der Waals surface area contributed by atoms with Gasteiger partial charge in [0.15, 0.2) is 0 Å². The molecule has 0 saturated heterocycles. The van der Waals surface area contributed by atoms with Crippen LogP contribution in [0.4, 0.5) is 0 Å². The highest BCUT2D eigenvalue weighted by molar-refractivity contribution is 5.93. The minimum absolute atomic E-state index is 0.293. The lowest BCUT2D eigenvalue weighted by Gasteiger charge is -2.00. The second-order valence-electron chi connectivity index (χ2n) is 2.45. The van der Waals surface area contributed by atoms with Gasteiger partial charge < -0.3 is 0 Å². The summed E-state index contributed by atoms with van der Waals surface area (Å²) in [5.41, 5.74) is 2.77. The lowest BCUT2D eigenvalue weighted by molar-refractivity contribution is 0.0706. The van der Waals surface area contributed by atoms with Gasteiger partial charge in [0.05, 0.1) is 6.61 Å². The highest BCUT2D eigenvalue weighted by Crippen LogP contribution is 2.04. The molecule has 0 unspecified atom stereocenters. The second-order valence-corrected chi connectivity index (χ2v) is 2.45. The molecule has 0 aliphatic rings. The summed E-state index contributed by atoms with van der Waals surface area (Å²) in [6.07, 6.45) is 0. The van der Waals surface area contributed by atoms with Crippen LogP contribution in [0.25, 0.3) is 0 Å². The van der Waals surface area contributed by atoms with Crippen molar-refractivity contribution < 1.29 is 14.8 Å². The topological polar surface area (TPSA) is 84.6 Å². The molecule has 0 bridgehead atoms. The van der Waals surface area contributed by atoms with Gasteiger partial charge in [-0.3, -0.25) is 14.8 Å². The Kier molecular flexibility index (Phi) is 3.39. The smallest absolute Gasteiger partial charge is 0.274 e. The molecule has 0 aliphatic carbocycles. The zero-order valence-electron chi connectivity index (χ0n) is 6.86. The van der Waals surface area contributed by atoms with Crippen LogP contribution in [0.1, 0.15) is 15.9 Å². The van der Waals surface area contributed by atoms with Gasteiger partial charge in [-0.25, -0.2) is 11.4 Å². The van der Waals surface area contributed by atoms with Gasteiger partial charge in [-0.05, 0) is 17.7 Å². The normalized spacial score (nSPS) is 9.69.